The van der Waals surface area contributed by atoms with Crippen LogP contribution in [-0.2, 0) is 0 Å². The molecule has 0 aliphatic rings. The zero-order chi connectivity index (χ0) is 16.1. The Bertz CT molecular complexity index is 849. The number of nitrogens with one attached hydrogen (secondary N) is 1. The van der Waals surface area contributed by atoms with Crippen LogP contribution in [-0.4, -0.2) is 17.9 Å². The second kappa shape index (κ2) is 6.75. The van der Waals surface area contributed by atoms with Crippen LogP contribution in [0.4, 0.5) is 5.69 Å². The molecule has 4 heteroatoms. The first kappa shape index (κ1) is 14.8. The van der Waals surface area contributed by atoms with Gasteiger partial charge in [-0.15, -0.1) is 0 Å². The maximum Gasteiger partial charge on any atom is 0.187 e. The zero-order valence-corrected chi connectivity index (χ0v) is 12.7. The molecule has 1 N–H and O–H groups in total. The molecular formula is C19H16N2O2. The van der Waals surface area contributed by atoms with Gasteiger partial charge in [-0.1, -0.05) is 18.2 Å². The Morgan fingerprint density at radius 3 is 2.65 bits per heavy atom. The normalized spacial score (nSPS) is 10.8. The molecule has 0 bridgehead atoms. The van der Waals surface area contributed by atoms with Crippen LogP contribution in [0.2, 0.25) is 0 Å². The van der Waals surface area contributed by atoms with Crippen molar-refractivity contribution in [2.45, 2.75) is 0 Å². The maximum atomic E-state index is 12.1. The molecular weight excluding hydrogens is 288 g/mol. The third-order valence-corrected chi connectivity index (χ3v) is 3.48. The number of carbonyl (C=O) groups is 1. The van der Waals surface area contributed by atoms with Crippen LogP contribution < -0.4 is 10.1 Å². The fourth-order valence-electron chi connectivity index (χ4n) is 2.28. The first-order chi connectivity index (χ1) is 11.3. The van der Waals surface area contributed by atoms with E-state index < -0.39 is 0 Å². The van der Waals surface area contributed by atoms with Crippen LogP contribution >= 0.6 is 0 Å². The lowest BCUT2D eigenvalue weighted by atomic mass is 10.1. The van der Waals surface area contributed by atoms with E-state index in [4.69, 9.17) is 4.74 Å². The molecule has 0 atom stereocenters. The Hall–Kier alpha value is -3.14. The number of anilines is 1. The van der Waals surface area contributed by atoms with Gasteiger partial charge in [0.25, 0.3) is 0 Å². The highest BCUT2D eigenvalue weighted by Gasteiger charge is 2.02. The monoisotopic (exact) mass is 304 g/mol. The number of carbonyl (C=O) groups excluding carboxylic acids is 1. The van der Waals surface area contributed by atoms with Crippen molar-refractivity contribution in [2.75, 3.05) is 12.4 Å². The molecule has 0 aliphatic heterocycles. The quantitative estimate of drug-likeness (QED) is 0.570. The largest absolute Gasteiger partial charge is 0.497 e. The van der Waals surface area contributed by atoms with Gasteiger partial charge < -0.3 is 10.1 Å². The summed E-state index contributed by atoms with van der Waals surface area (Å²) in [6.07, 6.45) is 4.89. The average Bonchev–Trinajstić information content (AvgIpc) is 2.62. The number of hydrogen-bond donors (Lipinski definition) is 1. The molecule has 0 radical (unpaired) electrons. The van der Waals surface area contributed by atoms with Gasteiger partial charge in [-0.05, 0) is 36.4 Å². The summed E-state index contributed by atoms with van der Waals surface area (Å²) in [4.78, 5) is 16.5. The van der Waals surface area contributed by atoms with Gasteiger partial charge in [0.15, 0.2) is 5.78 Å². The molecule has 0 saturated heterocycles. The van der Waals surface area contributed by atoms with E-state index in [1.807, 2.05) is 30.3 Å². The number of hydrogen-bond acceptors (Lipinski definition) is 4. The number of ketones is 1. The molecule has 114 valence electrons. The molecule has 0 aliphatic carbocycles. The molecule has 23 heavy (non-hydrogen) atoms. The third kappa shape index (κ3) is 3.37. The van der Waals surface area contributed by atoms with E-state index in [9.17, 15) is 4.79 Å². The van der Waals surface area contributed by atoms with E-state index in [0.29, 0.717) is 5.56 Å². The lowest BCUT2D eigenvalue weighted by Gasteiger charge is -2.04. The summed E-state index contributed by atoms with van der Waals surface area (Å²) in [5, 5.41) is 4.17. The van der Waals surface area contributed by atoms with E-state index >= 15 is 0 Å². The van der Waals surface area contributed by atoms with Crippen molar-refractivity contribution in [3.63, 3.8) is 0 Å². The van der Waals surface area contributed by atoms with Crippen molar-refractivity contribution >= 4 is 22.4 Å². The molecule has 0 unspecified atom stereocenters. The molecule has 0 fully saturated rings. The Kier molecular flexibility index (Phi) is 4.34. The van der Waals surface area contributed by atoms with Gasteiger partial charge in [0.1, 0.15) is 5.75 Å². The Balaban J connectivity index is 1.73. The van der Waals surface area contributed by atoms with Gasteiger partial charge in [0, 0.05) is 29.4 Å². The van der Waals surface area contributed by atoms with Gasteiger partial charge in [0.2, 0.25) is 0 Å². The number of benzene rings is 2. The predicted molar refractivity (Wildman–Crippen MR) is 91.8 cm³/mol. The highest BCUT2D eigenvalue weighted by Crippen LogP contribution is 2.20. The van der Waals surface area contributed by atoms with Crippen LogP contribution in [0, 0.1) is 0 Å². The minimum absolute atomic E-state index is 0.0756. The summed E-state index contributed by atoms with van der Waals surface area (Å²) in [5.74, 6) is 0.652. The molecule has 0 spiro atoms. The molecule has 0 saturated carbocycles. The van der Waals surface area contributed by atoms with Crippen LogP contribution in [0.3, 0.4) is 0 Å². The van der Waals surface area contributed by atoms with Gasteiger partial charge in [-0.2, -0.15) is 0 Å². The number of allylic oxidation sites excluding steroid dienone is 1. The fraction of sp³-hybridized carbons (Fsp3) is 0.0526. The molecule has 1 heterocycles. The molecule has 1 aromatic heterocycles. The fourth-order valence-corrected chi connectivity index (χ4v) is 2.28. The standard InChI is InChI=1S/C19H16N2O2/c1-23-16-9-7-14(8-10-16)18(22)11-13-20-17-6-2-4-15-5-3-12-21-19(15)17/h2-13,20H,1H3. The number of pyridine rings is 1. The van der Waals surface area contributed by atoms with Crippen molar-refractivity contribution in [3.8, 4) is 5.75 Å². The summed E-state index contributed by atoms with van der Waals surface area (Å²) in [5.41, 5.74) is 2.35. The first-order valence-electron chi connectivity index (χ1n) is 7.23. The first-order valence-corrected chi connectivity index (χ1v) is 7.23. The summed E-state index contributed by atoms with van der Waals surface area (Å²) in [6.45, 7) is 0. The zero-order valence-electron chi connectivity index (χ0n) is 12.7. The number of aromatic nitrogens is 1. The lowest BCUT2D eigenvalue weighted by molar-refractivity contribution is 0.104. The number of para-hydroxylation sites is 1. The van der Waals surface area contributed by atoms with Crippen LogP contribution in [0.1, 0.15) is 10.4 Å². The minimum atomic E-state index is -0.0756. The molecule has 0 amide bonds. The molecule has 2 aromatic carbocycles. The molecule has 4 nitrogen and oxygen atoms in total. The van der Waals surface area contributed by atoms with Gasteiger partial charge >= 0.3 is 0 Å². The minimum Gasteiger partial charge on any atom is -0.497 e. The second-order valence-corrected chi connectivity index (χ2v) is 4.95. The van der Waals surface area contributed by atoms with Crippen LogP contribution in [0.5, 0.6) is 5.75 Å². The van der Waals surface area contributed by atoms with E-state index in [1.54, 1.807) is 43.8 Å². The Morgan fingerprint density at radius 2 is 1.87 bits per heavy atom. The highest BCUT2D eigenvalue weighted by atomic mass is 16.5. The second-order valence-electron chi connectivity index (χ2n) is 4.95. The Morgan fingerprint density at radius 1 is 1.09 bits per heavy atom. The lowest BCUT2D eigenvalue weighted by Crippen LogP contribution is -1.97. The average molecular weight is 304 g/mol. The number of ether oxygens (including phenoxy) is 1. The van der Waals surface area contributed by atoms with Crippen molar-refractivity contribution in [1.82, 2.24) is 4.98 Å². The van der Waals surface area contributed by atoms with Gasteiger partial charge in [-0.25, -0.2) is 0 Å². The summed E-state index contributed by atoms with van der Waals surface area (Å²) < 4.78 is 5.08. The Labute approximate surface area is 134 Å². The summed E-state index contributed by atoms with van der Waals surface area (Å²) in [6, 6.07) is 16.8. The van der Waals surface area contributed by atoms with Crippen LogP contribution in [0.15, 0.2) is 73.1 Å². The SMILES string of the molecule is COc1ccc(C(=O)C=CNc2cccc3cccnc23)cc1. The summed E-state index contributed by atoms with van der Waals surface area (Å²) >= 11 is 0. The number of rotatable bonds is 5. The van der Waals surface area contributed by atoms with Gasteiger partial charge in [-0.3, -0.25) is 9.78 Å². The maximum absolute atomic E-state index is 12.1. The van der Waals surface area contributed by atoms with Crippen molar-refractivity contribution in [2.24, 2.45) is 0 Å². The van der Waals surface area contributed by atoms with Crippen LogP contribution in [0.25, 0.3) is 10.9 Å². The number of nitrogens with zero attached hydrogens (tertiary/aromatic N) is 1. The molecule has 3 aromatic rings. The predicted octanol–water partition coefficient (Wildman–Crippen LogP) is 4.05. The van der Waals surface area contributed by atoms with E-state index in [-0.39, 0.29) is 5.78 Å². The van der Waals surface area contributed by atoms with E-state index in [2.05, 4.69) is 10.3 Å². The highest BCUT2D eigenvalue weighted by molar-refractivity contribution is 6.04. The van der Waals surface area contributed by atoms with E-state index in [1.165, 1.54) is 6.08 Å². The van der Waals surface area contributed by atoms with Crippen molar-refractivity contribution in [3.05, 3.63) is 78.6 Å². The number of methoxy groups -OCH3 is 1. The summed E-state index contributed by atoms with van der Waals surface area (Å²) in [7, 11) is 1.60. The third-order valence-electron chi connectivity index (χ3n) is 3.48. The molecule has 3 rings (SSSR count). The van der Waals surface area contributed by atoms with Gasteiger partial charge in [0.05, 0.1) is 18.3 Å². The van der Waals surface area contributed by atoms with Crippen molar-refractivity contribution < 1.29 is 9.53 Å². The number of fused-ring (bicyclic) bond motifs is 1. The van der Waals surface area contributed by atoms with Crippen molar-refractivity contribution in [1.29, 1.82) is 0 Å². The van der Waals surface area contributed by atoms with E-state index in [0.717, 1.165) is 22.3 Å². The topological polar surface area (TPSA) is 51.2 Å². The smallest absolute Gasteiger partial charge is 0.187 e.